The van der Waals surface area contributed by atoms with Gasteiger partial charge < -0.3 is 9.36 Å². The van der Waals surface area contributed by atoms with Crippen molar-refractivity contribution in [2.75, 3.05) is 0 Å². The Kier molecular flexibility index (Phi) is 4.50. The minimum Gasteiger partial charge on any atom is -0.479 e. The van der Waals surface area contributed by atoms with Gasteiger partial charge in [0.2, 0.25) is 0 Å². The maximum atomic E-state index is 11.3. The van der Waals surface area contributed by atoms with E-state index in [9.17, 15) is 4.79 Å². The molecule has 0 unspecified atom stereocenters. The van der Waals surface area contributed by atoms with Crippen molar-refractivity contribution in [2.45, 2.75) is 27.7 Å². The van der Waals surface area contributed by atoms with Gasteiger partial charge in [0.25, 0.3) is 0 Å². The van der Waals surface area contributed by atoms with E-state index in [1.807, 2.05) is 6.07 Å². The van der Waals surface area contributed by atoms with Gasteiger partial charge in [-0.2, -0.15) is 0 Å². The third kappa shape index (κ3) is 2.08. The average molecular weight is 313 g/mol. The molecule has 18 heavy (non-hydrogen) atoms. The van der Waals surface area contributed by atoms with Gasteiger partial charge >= 0.3 is 0 Å². The summed E-state index contributed by atoms with van der Waals surface area (Å²) in [5.41, 5.74) is 5.87. The van der Waals surface area contributed by atoms with Crippen LogP contribution < -0.4 is 0 Å². The summed E-state index contributed by atoms with van der Waals surface area (Å²) >= 11 is 0. The van der Waals surface area contributed by atoms with E-state index in [1.54, 1.807) is 4.57 Å². The quantitative estimate of drug-likeness (QED) is 0.586. The van der Waals surface area contributed by atoms with E-state index in [0.717, 1.165) is 16.5 Å². The van der Waals surface area contributed by atoms with Crippen LogP contribution in [0.4, 0.5) is 0 Å². The molecule has 4 heteroatoms. The minimum absolute atomic E-state index is 0. The summed E-state index contributed by atoms with van der Waals surface area (Å²) in [6, 6.07) is 1.83. The summed E-state index contributed by atoms with van der Waals surface area (Å²) in [6.45, 7) is 8.31. The van der Waals surface area contributed by atoms with Crippen molar-refractivity contribution in [1.82, 2.24) is 4.57 Å². The van der Waals surface area contributed by atoms with Crippen molar-refractivity contribution >= 4 is 24.4 Å². The molecule has 0 bridgehead atoms. The first kappa shape index (κ1) is 15.5. The Hall–Kier alpha value is -0.531. The molecule has 1 heterocycles. The van der Waals surface area contributed by atoms with Crippen molar-refractivity contribution in [3.05, 3.63) is 41.1 Å². The molecule has 89 valence electrons. The first-order valence-corrected chi connectivity index (χ1v) is 5.58. The molecule has 2 nitrogen and oxygen atoms in total. The van der Waals surface area contributed by atoms with Gasteiger partial charge in [-0.15, -0.1) is 7.05 Å². The summed E-state index contributed by atoms with van der Waals surface area (Å²) in [7, 11) is 9.27. The summed E-state index contributed by atoms with van der Waals surface area (Å²) in [4.78, 5) is 11.3. The van der Waals surface area contributed by atoms with E-state index >= 15 is 0 Å². The molecule has 1 aromatic heterocycles. The van der Waals surface area contributed by atoms with Gasteiger partial charge in [-0.1, -0.05) is 33.7 Å². The zero-order valence-corrected chi connectivity index (χ0v) is 14.1. The largest absolute Gasteiger partial charge is 0.479 e. The molecule has 0 saturated heterocycles. The fraction of sp³-hybridized carbons (Fsp3) is 0.286. The SMILES string of the molecule is [B]C(=O)c1cc2c(C)c(C)c(C)c(C)c2n1[CH2-].[Y]. The molecule has 2 rings (SSSR count). The number of rotatable bonds is 1. The summed E-state index contributed by atoms with van der Waals surface area (Å²) in [5.74, 6) is 0. The Morgan fingerprint density at radius 2 is 1.61 bits per heavy atom. The molecule has 1 aromatic carbocycles. The smallest absolute Gasteiger partial charge is 0.157 e. The molecule has 0 spiro atoms. The Morgan fingerprint density at radius 1 is 1.11 bits per heavy atom. The number of hydrogen-bond acceptors (Lipinski definition) is 1. The second-order valence-corrected chi connectivity index (χ2v) is 4.58. The van der Waals surface area contributed by atoms with Crippen LogP contribution in [-0.4, -0.2) is 18.1 Å². The average Bonchev–Trinajstić information content (AvgIpc) is 2.62. The number of benzene rings is 1. The van der Waals surface area contributed by atoms with Crippen LogP contribution in [0.1, 0.15) is 32.7 Å². The Balaban J connectivity index is 0.00000162. The zero-order valence-electron chi connectivity index (χ0n) is 11.3. The number of carbonyl (C=O) groups is 1. The molecular formula is C14H15BNOY-. The molecule has 0 aliphatic carbocycles. The van der Waals surface area contributed by atoms with Crippen molar-refractivity contribution in [3.8, 4) is 0 Å². The van der Waals surface area contributed by atoms with Gasteiger partial charge in [-0.3, -0.25) is 0 Å². The van der Waals surface area contributed by atoms with E-state index in [-0.39, 0.29) is 32.7 Å². The molecule has 0 amide bonds. The number of fused-ring (bicyclic) bond motifs is 1. The predicted octanol–water partition coefficient (Wildman–Crippen LogP) is 2.82. The van der Waals surface area contributed by atoms with Gasteiger partial charge in [0, 0.05) is 32.7 Å². The first-order valence-electron chi connectivity index (χ1n) is 5.58. The topological polar surface area (TPSA) is 22.0 Å². The fourth-order valence-corrected chi connectivity index (χ4v) is 2.39. The number of aromatic nitrogens is 1. The number of hydrogen-bond donors (Lipinski definition) is 0. The van der Waals surface area contributed by atoms with E-state index < -0.39 is 5.68 Å². The van der Waals surface area contributed by atoms with Crippen molar-refractivity contribution in [2.24, 2.45) is 0 Å². The summed E-state index contributed by atoms with van der Waals surface area (Å²) in [5, 5.41) is 1.06. The first-order chi connectivity index (χ1) is 7.86. The molecular weight excluding hydrogens is 298 g/mol. The van der Waals surface area contributed by atoms with Gasteiger partial charge in [0.1, 0.15) is 0 Å². The van der Waals surface area contributed by atoms with Crippen molar-refractivity contribution in [1.29, 1.82) is 0 Å². The molecule has 0 aliphatic rings. The number of aryl methyl sites for hydroxylation is 2. The maximum Gasteiger partial charge on any atom is 0.157 e. The van der Waals surface area contributed by atoms with Gasteiger partial charge in [0.15, 0.2) is 7.85 Å². The van der Waals surface area contributed by atoms with Crippen molar-refractivity contribution in [3.63, 3.8) is 0 Å². The second-order valence-electron chi connectivity index (χ2n) is 4.58. The van der Waals surface area contributed by atoms with Crippen LogP contribution in [0.15, 0.2) is 6.07 Å². The molecule has 0 saturated carbocycles. The van der Waals surface area contributed by atoms with Crippen LogP contribution in [0.25, 0.3) is 10.9 Å². The van der Waals surface area contributed by atoms with Crippen LogP contribution in [0.2, 0.25) is 0 Å². The third-order valence-corrected chi connectivity index (χ3v) is 3.80. The standard InChI is InChI=1S/C14H15BNO.Y/c1-7-8(2)10(4)13-11(9(7)3)6-12(14(15)17)16(13)5;/h6H,5H2,1-4H3;/q-1;. The molecule has 2 aromatic rings. The Morgan fingerprint density at radius 3 is 2.11 bits per heavy atom. The van der Waals surface area contributed by atoms with Gasteiger partial charge in [-0.25, -0.2) is 0 Å². The Bertz CT molecular complexity index is 643. The third-order valence-electron chi connectivity index (χ3n) is 3.80. The fourth-order valence-electron chi connectivity index (χ4n) is 2.39. The van der Waals surface area contributed by atoms with Crippen LogP contribution in [0.3, 0.4) is 0 Å². The molecule has 0 fully saturated rings. The number of nitrogens with zero attached hydrogens (tertiary/aromatic N) is 1. The van der Waals surface area contributed by atoms with Gasteiger partial charge in [0.05, 0.1) is 5.68 Å². The van der Waals surface area contributed by atoms with Crippen LogP contribution in [0.5, 0.6) is 0 Å². The monoisotopic (exact) mass is 313 g/mol. The van der Waals surface area contributed by atoms with E-state index in [2.05, 4.69) is 34.7 Å². The van der Waals surface area contributed by atoms with Crippen molar-refractivity contribution < 1.29 is 37.5 Å². The maximum absolute atomic E-state index is 11.3. The van der Waals surface area contributed by atoms with E-state index in [4.69, 9.17) is 7.85 Å². The van der Waals surface area contributed by atoms with E-state index in [0.29, 0.717) is 5.69 Å². The minimum atomic E-state index is -0.440. The van der Waals surface area contributed by atoms with E-state index in [1.165, 1.54) is 16.7 Å². The zero-order chi connectivity index (χ0) is 12.9. The van der Waals surface area contributed by atoms with Crippen LogP contribution >= 0.6 is 0 Å². The normalized spacial score (nSPS) is 10.4. The second kappa shape index (κ2) is 5.22. The molecule has 0 N–H and O–H groups in total. The molecule has 0 atom stereocenters. The van der Waals surface area contributed by atoms with Gasteiger partial charge in [-0.05, 0) is 39.0 Å². The van der Waals surface area contributed by atoms with Crippen LogP contribution in [-0.2, 0) is 32.7 Å². The summed E-state index contributed by atoms with van der Waals surface area (Å²) < 4.78 is 1.65. The molecule has 0 aliphatic heterocycles. The Labute approximate surface area is 134 Å². The predicted molar refractivity (Wildman–Crippen MR) is 71.7 cm³/mol. The number of carbonyl (C=O) groups excluding carboxylic acids is 1. The summed E-state index contributed by atoms with van der Waals surface area (Å²) in [6.07, 6.45) is 0. The van der Waals surface area contributed by atoms with Crippen LogP contribution in [0, 0.1) is 34.7 Å². The molecule has 3 radical (unpaired) electrons.